The molecule has 0 aromatic rings. The minimum atomic E-state index is 0. The van der Waals surface area contributed by atoms with E-state index in [1.165, 1.54) is 0 Å². The summed E-state index contributed by atoms with van der Waals surface area (Å²) in [6, 6.07) is 0. The molecule has 1 rings (SSSR count). The van der Waals surface area contributed by atoms with E-state index in [9.17, 15) is 9.59 Å². The van der Waals surface area contributed by atoms with Crippen LogP contribution in [-0.4, -0.2) is 60.9 Å². The van der Waals surface area contributed by atoms with Gasteiger partial charge in [0, 0.05) is 52.1 Å². The second-order valence-corrected chi connectivity index (χ2v) is 4.55. The van der Waals surface area contributed by atoms with E-state index in [2.05, 4.69) is 5.32 Å². The van der Waals surface area contributed by atoms with Crippen molar-refractivity contribution in [2.75, 3.05) is 39.3 Å². The summed E-state index contributed by atoms with van der Waals surface area (Å²) in [5, 5.41) is 3.22. The highest BCUT2D eigenvalue weighted by Crippen LogP contribution is 2.05. The van der Waals surface area contributed by atoms with Crippen LogP contribution >= 0.6 is 12.4 Å². The maximum atomic E-state index is 11.9. The Hall–Kier alpha value is -0.810. The van der Waals surface area contributed by atoms with Crippen molar-refractivity contribution in [3.05, 3.63) is 0 Å². The molecule has 1 saturated heterocycles. The number of carbonyl (C=O) groups is 2. The molecule has 1 aliphatic heterocycles. The van der Waals surface area contributed by atoms with E-state index in [0.717, 1.165) is 39.3 Å². The van der Waals surface area contributed by atoms with Crippen LogP contribution in [0.2, 0.25) is 0 Å². The van der Waals surface area contributed by atoms with Crippen LogP contribution in [0.25, 0.3) is 0 Å². The van der Waals surface area contributed by atoms with Crippen LogP contribution in [0.4, 0.5) is 0 Å². The molecule has 0 bridgehead atoms. The van der Waals surface area contributed by atoms with Crippen LogP contribution in [0, 0.1) is 0 Å². The monoisotopic (exact) mass is 291 g/mol. The lowest BCUT2D eigenvalue weighted by Crippen LogP contribution is -2.46. The third-order valence-electron chi connectivity index (χ3n) is 3.37. The molecule has 19 heavy (non-hydrogen) atoms. The van der Waals surface area contributed by atoms with Gasteiger partial charge in [0.2, 0.25) is 11.8 Å². The predicted octanol–water partition coefficient (Wildman–Crippen LogP) is 0.879. The molecule has 0 spiro atoms. The summed E-state index contributed by atoms with van der Waals surface area (Å²) in [4.78, 5) is 27.3. The number of rotatable bonds is 6. The van der Waals surface area contributed by atoms with Crippen molar-refractivity contribution in [3.63, 3.8) is 0 Å². The van der Waals surface area contributed by atoms with Crippen LogP contribution in [-0.2, 0) is 9.59 Å². The molecule has 0 aliphatic carbocycles. The molecule has 1 fully saturated rings. The first-order valence-electron chi connectivity index (χ1n) is 6.95. The van der Waals surface area contributed by atoms with Gasteiger partial charge in [-0.3, -0.25) is 9.59 Å². The van der Waals surface area contributed by atoms with Crippen molar-refractivity contribution in [1.29, 1.82) is 0 Å². The fourth-order valence-corrected chi connectivity index (χ4v) is 2.20. The molecule has 2 amide bonds. The maximum absolute atomic E-state index is 11.9. The van der Waals surface area contributed by atoms with Crippen LogP contribution < -0.4 is 5.32 Å². The quantitative estimate of drug-likeness (QED) is 0.790. The smallest absolute Gasteiger partial charge is 0.222 e. The summed E-state index contributed by atoms with van der Waals surface area (Å²) >= 11 is 0. The molecule has 1 aliphatic rings. The highest BCUT2D eigenvalue weighted by Gasteiger charge is 2.16. The van der Waals surface area contributed by atoms with Gasteiger partial charge in [-0.15, -0.1) is 12.4 Å². The first-order chi connectivity index (χ1) is 8.69. The number of hydrogen-bond acceptors (Lipinski definition) is 3. The summed E-state index contributed by atoms with van der Waals surface area (Å²) in [5.41, 5.74) is 0. The molecule has 5 nitrogen and oxygen atoms in total. The van der Waals surface area contributed by atoms with Crippen LogP contribution in [0.15, 0.2) is 0 Å². The van der Waals surface area contributed by atoms with E-state index in [4.69, 9.17) is 0 Å². The van der Waals surface area contributed by atoms with Crippen molar-refractivity contribution in [3.8, 4) is 0 Å². The number of piperazine rings is 1. The van der Waals surface area contributed by atoms with Gasteiger partial charge in [-0.05, 0) is 20.3 Å². The zero-order chi connectivity index (χ0) is 13.4. The lowest BCUT2D eigenvalue weighted by molar-refractivity contribution is -0.133. The van der Waals surface area contributed by atoms with Crippen molar-refractivity contribution in [2.24, 2.45) is 0 Å². The van der Waals surface area contributed by atoms with Crippen LogP contribution in [0.5, 0.6) is 0 Å². The Morgan fingerprint density at radius 3 is 2.21 bits per heavy atom. The second kappa shape index (κ2) is 10.0. The lowest BCUT2D eigenvalue weighted by Gasteiger charge is -2.27. The van der Waals surface area contributed by atoms with Gasteiger partial charge in [0.25, 0.3) is 0 Å². The SMILES string of the molecule is CCN(CC)C(=O)CCCC(=O)N1CCNCC1.Cl. The fraction of sp³-hybridized carbons (Fsp3) is 0.846. The third kappa shape index (κ3) is 6.25. The summed E-state index contributed by atoms with van der Waals surface area (Å²) < 4.78 is 0. The Balaban J connectivity index is 0.00000324. The highest BCUT2D eigenvalue weighted by atomic mass is 35.5. The predicted molar refractivity (Wildman–Crippen MR) is 78.5 cm³/mol. The normalized spacial score (nSPS) is 14.7. The molecular formula is C13H26ClN3O2. The largest absolute Gasteiger partial charge is 0.343 e. The summed E-state index contributed by atoms with van der Waals surface area (Å²) in [5.74, 6) is 0.344. The van der Waals surface area contributed by atoms with Gasteiger partial charge in [-0.25, -0.2) is 0 Å². The number of halogens is 1. The molecular weight excluding hydrogens is 266 g/mol. The molecule has 0 radical (unpaired) electrons. The van der Waals surface area contributed by atoms with E-state index in [1.807, 2.05) is 23.6 Å². The molecule has 0 unspecified atom stereocenters. The minimum absolute atomic E-state index is 0. The number of amides is 2. The van der Waals surface area contributed by atoms with Crippen LogP contribution in [0.1, 0.15) is 33.1 Å². The first kappa shape index (κ1) is 18.2. The maximum Gasteiger partial charge on any atom is 0.222 e. The number of nitrogens with zero attached hydrogens (tertiary/aromatic N) is 2. The van der Waals surface area contributed by atoms with Gasteiger partial charge >= 0.3 is 0 Å². The molecule has 0 saturated carbocycles. The Bertz CT molecular complexity index is 277. The highest BCUT2D eigenvalue weighted by molar-refractivity contribution is 5.85. The van der Waals surface area contributed by atoms with Gasteiger partial charge in [-0.2, -0.15) is 0 Å². The van der Waals surface area contributed by atoms with E-state index in [1.54, 1.807) is 0 Å². The molecule has 6 heteroatoms. The number of hydrogen-bond donors (Lipinski definition) is 1. The fourth-order valence-electron chi connectivity index (χ4n) is 2.20. The average molecular weight is 292 g/mol. The van der Waals surface area contributed by atoms with Gasteiger partial charge in [0.05, 0.1) is 0 Å². The second-order valence-electron chi connectivity index (χ2n) is 4.55. The molecule has 0 atom stereocenters. The molecule has 0 aromatic carbocycles. The van der Waals surface area contributed by atoms with Crippen molar-refractivity contribution in [2.45, 2.75) is 33.1 Å². The Kier molecular flexibility index (Phi) is 9.61. The number of nitrogens with one attached hydrogen (secondary N) is 1. The topological polar surface area (TPSA) is 52.7 Å². The van der Waals surface area contributed by atoms with Gasteiger partial charge in [0.15, 0.2) is 0 Å². The summed E-state index contributed by atoms with van der Waals surface area (Å²) in [6.45, 7) is 8.81. The zero-order valence-electron chi connectivity index (χ0n) is 12.0. The standard InChI is InChI=1S/C13H25N3O2.ClH/c1-3-15(4-2)12(17)6-5-7-13(18)16-10-8-14-9-11-16;/h14H,3-11H2,1-2H3;1H. The molecule has 1 heterocycles. The van der Waals surface area contributed by atoms with E-state index in [-0.39, 0.29) is 24.2 Å². The van der Waals surface area contributed by atoms with Crippen molar-refractivity contribution in [1.82, 2.24) is 15.1 Å². The average Bonchev–Trinajstić information content (AvgIpc) is 2.41. The minimum Gasteiger partial charge on any atom is -0.343 e. The summed E-state index contributed by atoms with van der Waals surface area (Å²) in [7, 11) is 0. The summed E-state index contributed by atoms with van der Waals surface area (Å²) in [6.07, 6.45) is 1.64. The van der Waals surface area contributed by atoms with E-state index in [0.29, 0.717) is 19.3 Å². The Morgan fingerprint density at radius 1 is 1.11 bits per heavy atom. The van der Waals surface area contributed by atoms with E-state index >= 15 is 0 Å². The molecule has 112 valence electrons. The molecule has 1 N–H and O–H groups in total. The Labute approximate surface area is 122 Å². The Morgan fingerprint density at radius 2 is 1.68 bits per heavy atom. The first-order valence-corrected chi connectivity index (χ1v) is 6.95. The van der Waals surface area contributed by atoms with Gasteiger partial charge in [-0.1, -0.05) is 0 Å². The van der Waals surface area contributed by atoms with Gasteiger partial charge in [0.1, 0.15) is 0 Å². The van der Waals surface area contributed by atoms with E-state index < -0.39 is 0 Å². The third-order valence-corrected chi connectivity index (χ3v) is 3.37. The zero-order valence-corrected chi connectivity index (χ0v) is 12.8. The van der Waals surface area contributed by atoms with Crippen LogP contribution in [0.3, 0.4) is 0 Å². The van der Waals surface area contributed by atoms with Gasteiger partial charge < -0.3 is 15.1 Å². The lowest BCUT2D eigenvalue weighted by atomic mass is 10.2. The number of carbonyl (C=O) groups excluding carboxylic acids is 2. The van der Waals surface area contributed by atoms with Crippen molar-refractivity contribution < 1.29 is 9.59 Å². The van der Waals surface area contributed by atoms with Crippen molar-refractivity contribution >= 4 is 24.2 Å². The molecule has 0 aromatic heterocycles.